The molecule has 0 saturated carbocycles. The van der Waals surface area contributed by atoms with E-state index >= 15 is 0 Å². The van der Waals surface area contributed by atoms with Gasteiger partial charge in [-0.2, -0.15) is 0 Å². The summed E-state index contributed by atoms with van der Waals surface area (Å²) >= 11 is 0. The summed E-state index contributed by atoms with van der Waals surface area (Å²) < 4.78 is 0. The van der Waals surface area contributed by atoms with Gasteiger partial charge in [-0.3, -0.25) is 4.99 Å². The van der Waals surface area contributed by atoms with Gasteiger partial charge in [0, 0.05) is 6.21 Å². The van der Waals surface area contributed by atoms with E-state index in [1.807, 2.05) is 54.6 Å². The number of hydrogen-bond donors (Lipinski definition) is 2. The minimum atomic E-state index is -1.13. The number of carbonyl (C=O) groups is 1. The minimum Gasteiger partial charge on any atom is -0.480 e. The van der Waals surface area contributed by atoms with Crippen molar-refractivity contribution >= 4 is 12.2 Å². The Morgan fingerprint density at radius 1 is 1.05 bits per heavy atom. The van der Waals surface area contributed by atoms with Gasteiger partial charge in [0.25, 0.3) is 0 Å². The molecule has 0 fully saturated rings. The fourth-order valence-corrected chi connectivity index (χ4v) is 1.76. The molecule has 0 aliphatic rings. The third-order valence-corrected chi connectivity index (χ3v) is 2.88. The van der Waals surface area contributed by atoms with E-state index in [1.165, 1.54) is 6.21 Å². The summed E-state index contributed by atoms with van der Waals surface area (Å²) in [5.74, 6) is -1.13. The summed E-state index contributed by atoms with van der Waals surface area (Å²) in [7, 11) is 0. The Bertz CT molecular complexity index is 591. The molecule has 0 radical (unpaired) electrons. The first-order valence-corrected chi connectivity index (χ1v) is 6.23. The number of nitrogens with zero attached hydrogens (tertiary/aromatic N) is 1. The van der Waals surface area contributed by atoms with Crippen LogP contribution in [0.3, 0.4) is 0 Å². The van der Waals surface area contributed by atoms with Crippen molar-refractivity contribution in [3.8, 4) is 11.1 Å². The van der Waals surface area contributed by atoms with E-state index in [4.69, 9.17) is 10.2 Å². The zero-order valence-corrected chi connectivity index (χ0v) is 10.8. The van der Waals surface area contributed by atoms with Crippen LogP contribution in [0.25, 0.3) is 11.1 Å². The Morgan fingerprint density at radius 2 is 1.65 bits per heavy atom. The molecule has 0 amide bonds. The molecule has 0 heterocycles. The molecule has 1 atom stereocenters. The summed E-state index contributed by atoms with van der Waals surface area (Å²) in [5.41, 5.74) is 3.00. The predicted molar refractivity (Wildman–Crippen MR) is 78.0 cm³/mol. The number of aliphatic hydroxyl groups is 1. The summed E-state index contributed by atoms with van der Waals surface area (Å²) in [4.78, 5) is 14.6. The van der Waals surface area contributed by atoms with Crippen molar-refractivity contribution in [1.82, 2.24) is 0 Å². The first-order chi connectivity index (χ1) is 9.70. The number of carboxylic acids is 1. The molecule has 0 aliphatic carbocycles. The Hall–Kier alpha value is -2.46. The lowest BCUT2D eigenvalue weighted by molar-refractivity contribution is -0.139. The van der Waals surface area contributed by atoms with Crippen LogP contribution in [-0.2, 0) is 4.79 Å². The van der Waals surface area contributed by atoms with Gasteiger partial charge in [-0.1, -0.05) is 54.6 Å². The number of carboxylic acid groups (broad SMARTS) is 1. The van der Waals surface area contributed by atoms with E-state index in [1.54, 1.807) is 0 Å². The van der Waals surface area contributed by atoms with E-state index in [-0.39, 0.29) is 0 Å². The molecule has 2 N–H and O–H groups in total. The van der Waals surface area contributed by atoms with Crippen LogP contribution >= 0.6 is 0 Å². The van der Waals surface area contributed by atoms with Gasteiger partial charge in [0.15, 0.2) is 6.04 Å². The fraction of sp³-hybridized carbons (Fsp3) is 0.125. The second-order valence-corrected chi connectivity index (χ2v) is 4.30. The Kier molecular flexibility index (Phi) is 4.63. The monoisotopic (exact) mass is 269 g/mol. The predicted octanol–water partition coefficient (Wildman–Crippen LogP) is 2.22. The highest BCUT2D eigenvalue weighted by molar-refractivity contribution is 5.84. The lowest BCUT2D eigenvalue weighted by Gasteiger charge is -2.03. The lowest BCUT2D eigenvalue weighted by atomic mass is 10.0. The van der Waals surface area contributed by atoms with Gasteiger partial charge >= 0.3 is 5.97 Å². The molecule has 0 aliphatic heterocycles. The van der Waals surface area contributed by atoms with Crippen LogP contribution < -0.4 is 0 Å². The molecule has 102 valence electrons. The molecule has 2 rings (SSSR count). The topological polar surface area (TPSA) is 69.9 Å². The highest BCUT2D eigenvalue weighted by atomic mass is 16.4. The Morgan fingerprint density at radius 3 is 2.20 bits per heavy atom. The number of benzene rings is 2. The molecule has 0 spiro atoms. The van der Waals surface area contributed by atoms with Gasteiger partial charge in [0.05, 0.1) is 6.61 Å². The lowest BCUT2D eigenvalue weighted by Crippen LogP contribution is -2.22. The van der Waals surface area contributed by atoms with Crippen LogP contribution in [0.4, 0.5) is 0 Å². The third-order valence-electron chi connectivity index (χ3n) is 2.88. The van der Waals surface area contributed by atoms with Gasteiger partial charge < -0.3 is 10.2 Å². The van der Waals surface area contributed by atoms with Gasteiger partial charge in [0.2, 0.25) is 0 Å². The van der Waals surface area contributed by atoms with E-state index in [0.717, 1.165) is 16.7 Å². The maximum absolute atomic E-state index is 10.7. The van der Waals surface area contributed by atoms with Crippen molar-refractivity contribution in [2.75, 3.05) is 6.61 Å². The molecule has 0 saturated heterocycles. The van der Waals surface area contributed by atoms with Crippen LogP contribution in [-0.4, -0.2) is 35.0 Å². The zero-order valence-electron chi connectivity index (χ0n) is 10.8. The van der Waals surface area contributed by atoms with Crippen LogP contribution in [0, 0.1) is 0 Å². The normalized spacial score (nSPS) is 12.4. The molecule has 2 aromatic carbocycles. The fourth-order valence-electron chi connectivity index (χ4n) is 1.76. The minimum absolute atomic E-state index is 0.506. The van der Waals surface area contributed by atoms with E-state index in [0.29, 0.717) is 0 Å². The first-order valence-electron chi connectivity index (χ1n) is 6.23. The van der Waals surface area contributed by atoms with Crippen molar-refractivity contribution in [3.05, 3.63) is 60.2 Å². The second-order valence-electron chi connectivity index (χ2n) is 4.30. The number of aliphatic imine (C=N–C) groups is 1. The number of hydrogen-bond acceptors (Lipinski definition) is 3. The average Bonchev–Trinajstić information content (AvgIpc) is 2.49. The largest absolute Gasteiger partial charge is 0.480 e. The van der Waals surface area contributed by atoms with E-state index < -0.39 is 18.6 Å². The molecule has 4 nitrogen and oxygen atoms in total. The standard InChI is InChI=1S/C16H15NO3/c18-11-15(16(19)20)17-10-12-6-8-14(9-7-12)13-4-2-1-3-5-13/h1-10,15,18H,11H2,(H,19,20)/t15-/m0/s1. The van der Waals surface area contributed by atoms with E-state index in [9.17, 15) is 4.79 Å². The summed E-state index contributed by atoms with van der Waals surface area (Å²) in [6.07, 6.45) is 1.46. The van der Waals surface area contributed by atoms with Crippen LogP contribution in [0.1, 0.15) is 5.56 Å². The smallest absolute Gasteiger partial charge is 0.330 e. The quantitative estimate of drug-likeness (QED) is 0.818. The van der Waals surface area contributed by atoms with Crippen LogP contribution in [0.5, 0.6) is 0 Å². The SMILES string of the molecule is O=C(O)[C@H](CO)N=Cc1ccc(-c2ccccc2)cc1. The van der Waals surface area contributed by atoms with E-state index in [2.05, 4.69) is 4.99 Å². The summed E-state index contributed by atoms with van der Waals surface area (Å²) in [6.45, 7) is -0.506. The van der Waals surface area contributed by atoms with Crippen molar-refractivity contribution in [2.24, 2.45) is 4.99 Å². The van der Waals surface area contributed by atoms with Crippen molar-refractivity contribution < 1.29 is 15.0 Å². The molecular weight excluding hydrogens is 254 g/mol. The second kappa shape index (κ2) is 6.63. The highest BCUT2D eigenvalue weighted by Gasteiger charge is 2.12. The van der Waals surface area contributed by atoms with Gasteiger partial charge in [-0.05, 0) is 16.7 Å². The summed E-state index contributed by atoms with van der Waals surface area (Å²) in [6, 6.07) is 16.5. The number of aliphatic carboxylic acids is 1. The van der Waals surface area contributed by atoms with Gasteiger partial charge in [-0.25, -0.2) is 4.79 Å². The first kappa shape index (κ1) is 14.0. The molecule has 0 unspecified atom stereocenters. The summed E-state index contributed by atoms with van der Waals surface area (Å²) in [5, 5.41) is 17.6. The molecule has 4 heteroatoms. The van der Waals surface area contributed by atoms with Crippen LogP contribution in [0.2, 0.25) is 0 Å². The molecule has 0 aromatic heterocycles. The zero-order chi connectivity index (χ0) is 14.4. The highest BCUT2D eigenvalue weighted by Crippen LogP contribution is 2.18. The molecule has 20 heavy (non-hydrogen) atoms. The Labute approximate surface area is 117 Å². The van der Waals surface area contributed by atoms with Gasteiger partial charge in [0.1, 0.15) is 0 Å². The van der Waals surface area contributed by atoms with Gasteiger partial charge in [-0.15, -0.1) is 0 Å². The number of aliphatic hydroxyl groups excluding tert-OH is 1. The maximum atomic E-state index is 10.7. The van der Waals surface area contributed by atoms with Crippen molar-refractivity contribution in [3.63, 3.8) is 0 Å². The molecular formula is C16H15NO3. The van der Waals surface area contributed by atoms with Crippen molar-refractivity contribution in [2.45, 2.75) is 6.04 Å². The molecule has 0 bridgehead atoms. The third kappa shape index (κ3) is 3.52. The number of rotatable bonds is 5. The molecule has 2 aromatic rings. The average molecular weight is 269 g/mol. The van der Waals surface area contributed by atoms with Crippen molar-refractivity contribution in [1.29, 1.82) is 0 Å². The van der Waals surface area contributed by atoms with Crippen LogP contribution in [0.15, 0.2) is 59.6 Å². The maximum Gasteiger partial charge on any atom is 0.330 e. The Balaban J connectivity index is 2.13.